The number of carboxylic acids is 1. The van der Waals surface area contributed by atoms with Crippen molar-refractivity contribution >= 4 is 22.9 Å². The molecule has 0 aliphatic heterocycles. The number of benzene rings is 1. The van der Waals surface area contributed by atoms with Gasteiger partial charge < -0.3 is 14.3 Å². The van der Waals surface area contributed by atoms with E-state index in [0.29, 0.717) is 11.1 Å². The zero-order chi connectivity index (χ0) is 19.5. The molecule has 0 aliphatic rings. The molecule has 26 heavy (non-hydrogen) atoms. The van der Waals surface area contributed by atoms with Gasteiger partial charge in [-0.05, 0) is 43.9 Å². The minimum Gasteiger partial charge on any atom is -0.480 e. The van der Waals surface area contributed by atoms with Crippen molar-refractivity contribution in [3.05, 3.63) is 35.1 Å². The molecular formula is C20H23NO5. The van der Waals surface area contributed by atoms with Crippen LogP contribution in [-0.2, 0) is 14.3 Å². The minimum absolute atomic E-state index is 0.0704. The van der Waals surface area contributed by atoms with Crippen molar-refractivity contribution in [2.75, 3.05) is 0 Å². The van der Waals surface area contributed by atoms with Gasteiger partial charge in [-0.1, -0.05) is 26.0 Å². The molecule has 0 amide bonds. The third-order valence-electron chi connectivity index (χ3n) is 5.11. The summed E-state index contributed by atoms with van der Waals surface area (Å²) in [6, 6.07) is 7.38. The van der Waals surface area contributed by atoms with Gasteiger partial charge in [0.1, 0.15) is 17.4 Å². The summed E-state index contributed by atoms with van der Waals surface area (Å²) >= 11 is 0. The van der Waals surface area contributed by atoms with Crippen molar-refractivity contribution in [3.8, 4) is 6.07 Å². The minimum atomic E-state index is -1.60. The predicted octanol–water partition coefficient (Wildman–Crippen LogP) is 4.44. The molecule has 6 nitrogen and oxygen atoms in total. The highest BCUT2D eigenvalue weighted by Crippen LogP contribution is 2.34. The van der Waals surface area contributed by atoms with Crippen molar-refractivity contribution in [2.24, 2.45) is 5.41 Å². The van der Waals surface area contributed by atoms with E-state index >= 15 is 0 Å². The summed E-state index contributed by atoms with van der Waals surface area (Å²) in [5, 5.41) is 19.6. The number of nitrogens with zero attached hydrogens (tertiary/aromatic N) is 1. The number of aliphatic carboxylic acids is 1. The summed E-state index contributed by atoms with van der Waals surface area (Å²) < 4.78 is 11.2. The first-order valence-corrected chi connectivity index (χ1v) is 8.61. The number of esters is 1. The smallest absolute Gasteiger partial charge is 0.324 e. The topological polar surface area (TPSA) is 101 Å². The van der Waals surface area contributed by atoms with Crippen LogP contribution in [0.4, 0.5) is 0 Å². The highest BCUT2D eigenvalue weighted by Gasteiger charge is 2.45. The van der Waals surface area contributed by atoms with Gasteiger partial charge in [-0.15, -0.1) is 0 Å². The first kappa shape index (κ1) is 19.5. The molecule has 0 saturated heterocycles. The fourth-order valence-corrected chi connectivity index (χ4v) is 3.05. The fourth-order valence-electron chi connectivity index (χ4n) is 3.05. The number of hydrogen-bond acceptors (Lipinski definition) is 5. The molecule has 2 aromatic rings. The number of fused-ring (bicyclic) bond motifs is 1. The molecule has 1 aromatic heterocycles. The van der Waals surface area contributed by atoms with E-state index in [0.717, 1.165) is 16.7 Å². The summed E-state index contributed by atoms with van der Waals surface area (Å²) in [7, 11) is 0. The van der Waals surface area contributed by atoms with Gasteiger partial charge in [-0.25, -0.2) is 0 Å². The van der Waals surface area contributed by atoms with Crippen molar-refractivity contribution < 1.29 is 23.8 Å². The van der Waals surface area contributed by atoms with Gasteiger partial charge >= 0.3 is 11.9 Å². The van der Waals surface area contributed by atoms with E-state index in [9.17, 15) is 14.7 Å². The van der Waals surface area contributed by atoms with E-state index in [1.54, 1.807) is 26.0 Å². The van der Waals surface area contributed by atoms with Crippen molar-refractivity contribution in [1.29, 1.82) is 5.26 Å². The predicted molar refractivity (Wildman–Crippen MR) is 95.4 cm³/mol. The average Bonchev–Trinajstić information content (AvgIpc) is 2.89. The number of rotatable bonds is 7. The molecule has 0 spiro atoms. The average molecular weight is 357 g/mol. The third kappa shape index (κ3) is 3.30. The maximum atomic E-state index is 12.6. The van der Waals surface area contributed by atoms with E-state index in [4.69, 9.17) is 14.4 Å². The summed E-state index contributed by atoms with van der Waals surface area (Å²) in [6.45, 7) is 7.10. The van der Waals surface area contributed by atoms with Crippen molar-refractivity contribution in [3.63, 3.8) is 0 Å². The SMILES string of the molecule is CCC(CC)(C(=O)O)C(=O)OC(CC#N)c1ccc2c(C)c(C)oc2c1. The van der Waals surface area contributed by atoms with E-state index in [1.807, 2.05) is 26.0 Å². The Bertz CT molecular complexity index is 870. The molecule has 0 aliphatic carbocycles. The van der Waals surface area contributed by atoms with E-state index in [2.05, 4.69) is 0 Å². The molecule has 1 heterocycles. The molecule has 0 radical (unpaired) electrons. The van der Waals surface area contributed by atoms with Gasteiger partial charge in [0, 0.05) is 5.39 Å². The Morgan fingerprint density at radius 3 is 2.50 bits per heavy atom. The van der Waals surface area contributed by atoms with Gasteiger partial charge in [0.05, 0.1) is 12.5 Å². The molecule has 0 saturated carbocycles. The van der Waals surface area contributed by atoms with Crippen molar-refractivity contribution in [1.82, 2.24) is 0 Å². The number of ether oxygens (including phenoxy) is 1. The first-order chi connectivity index (χ1) is 12.3. The quantitative estimate of drug-likeness (QED) is 0.581. The van der Waals surface area contributed by atoms with Gasteiger partial charge in [-0.3, -0.25) is 9.59 Å². The Balaban J connectivity index is 2.39. The van der Waals surface area contributed by atoms with Crippen LogP contribution in [0.2, 0.25) is 0 Å². The first-order valence-electron chi connectivity index (χ1n) is 8.61. The van der Waals surface area contributed by atoms with Gasteiger partial charge in [0.25, 0.3) is 0 Å². The number of hydrogen-bond donors (Lipinski definition) is 1. The van der Waals surface area contributed by atoms with Crippen LogP contribution >= 0.6 is 0 Å². The van der Waals surface area contributed by atoms with Crippen LogP contribution in [0.3, 0.4) is 0 Å². The van der Waals surface area contributed by atoms with Crippen LogP contribution in [0.1, 0.15) is 56.1 Å². The molecule has 0 fully saturated rings. The Morgan fingerprint density at radius 1 is 1.31 bits per heavy atom. The molecule has 138 valence electrons. The largest absolute Gasteiger partial charge is 0.480 e. The lowest BCUT2D eigenvalue weighted by Gasteiger charge is -2.27. The Morgan fingerprint density at radius 2 is 1.96 bits per heavy atom. The number of carbonyl (C=O) groups is 2. The maximum absolute atomic E-state index is 12.6. The summed E-state index contributed by atoms with van der Waals surface area (Å²) in [5.41, 5.74) is 0.678. The standard InChI is InChI=1S/C20H23NO5/c1-5-20(6-2,18(22)23)19(24)26-16(9-10-21)14-7-8-15-12(3)13(4)25-17(15)11-14/h7-8,11,16H,5-6,9H2,1-4H3,(H,22,23). The van der Waals surface area contributed by atoms with Gasteiger partial charge in [-0.2, -0.15) is 5.26 Å². The van der Waals surface area contributed by atoms with Crippen LogP contribution in [0.15, 0.2) is 22.6 Å². The number of nitriles is 1. The highest BCUT2D eigenvalue weighted by molar-refractivity contribution is 5.99. The van der Waals surface area contributed by atoms with Crippen LogP contribution in [0.25, 0.3) is 11.0 Å². The van der Waals surface area contributed by atoms with Gasteiger partial charge in [0.15, 0.2) is 5.41 Å². The third-order valence-corrected chi connectivity index (χ3v) is 5.11. The Labute approximate surface area is 152 Å². The molecular weight excluding hydrogens is 334 g/mol. The fraction of sp³-hybridized carbons (Fsp3) is 0.450. The second-order valence-corrected chi connectivity index (χ2v) is 6.39. The molecule has 1 aromatic carbocycles. The zero-order valence-corrected chi connectivity index (χ0v) is 15.5. The molecule has 0 bridgehead atoms. The normalized spacial score (nSPS) is 12.6. The summed E-state index contributed by atoms with van der Waals surface area (Å²) in [6.07, 6.45) is -0.683. The summed E-state index contributed by atoms with van der Waals surface area (Å²) in [5.74, 6) is -1.23. The molecule has 2 rings (SSSR count). The number of carboxylic acid groups (broad SMARTS) is 1. The van der Waals surface area contributed by atoms with Crippen LogP contribution in [-0.4, -0.2) is 17.0 Å². The van der Waals surface area contributed by atoms with E-state index < -0.39 is 23.5 Å². The van der Waals surface area contributed by atoms with Crippen LogP contribution in [0.5, 0.6) is 0 Å². The van der Waals surface area contributed by atoms with Crippen LogP contribution < -0.4 is 0 Å². The number of aryl methyl sites for hydroxylation is 2. The highest BCUT2D eigenvalue weighted by atomic mass is 16.5. The van der Waals surface area contributed by atoms with Crippen LogP contribution in [0, 0.1) is 30.6 Å². The molecule has 1 unspecified atom stereocenters. The Hall–Kier alpha value is -2.81. The maximum Gasteiger partial charge on any atom is 0.324 e. The van der Waals surface area contributed by atoms with Gasteiger partial charge in [0.2, 0.25) is 0 Å². The number of carbonyl (C=O) groups excluding carboxylic acids is 1. The van der Waals surface area contributed by atoms with E-state index in [1.165, 1.54) is 0 Å². The number of furan rings is 1. The lowest BCUT2D eigenvalue weighted by Crippen LogP contribution is -2.40. The second-order valence-electron chi connectivity index (χ2n) is 6.39. The molecule has 1 atom stereocenters. The summed E-state index contributed by atoms with van der Waals surface area (Å²) in [4.78, 5) is 24.2. The monoisotopic (exact) mass is 357 g/mol. The Kier molecular flexibility index (Phi) is 5.71. The lowest BCUT2D eigenvalue weighted by atomic mass is 9.82. The molecule has 6 heteroatoms. The van der Waals surface area contributed by atoms with Crippen molar-refractivity contribution in [2.45, 2.75) is 53.1 Å². The second kappa shape index (κ2) is 7.61. The molecule has 1 N–H and O–H groups in total. The zero-order valence-electron chi connectivity index (χ0n) is 15.5. The van der Waals surface area contributed by atoms with E-state index in [-0.39, 0.29) is 19.3 Å². The lowest BCUT2D eigenvalue weighted by molar-refractivity contribution is -0.173.